The zero-order valence-corrected chi connectivity index (χ0v) is 23.3. The van der Waals surface area contributed by atoms with E-state index in [0.29, 0.717) is 34.6 Å². The first-order valence-electron chi connectivity index (χ1n) is 13.5. The Hall–Kier alpha value is -3.51. The number of amides is 1. The van der Waals surface area contributed by atoms with E-state index < -0.39 is 0 Å². The average molecular weight is 527 g/mol. The highest BCUT2D eigenvalue weighted by Gasteiger charge is 2.30. The maximum absolute atomic E-state index is 13.8. The quantitative estimate of drug-likeness (QED) is 0.248. The molecule has 2 aromatic carbocycles. The van der Waals surface area contributed by atoms with Gasteiger partial charge in [-0.05, 0) is 61.3 Å². The summed E-state index contributed by atoms with van der Waals surface area (Å²) in [6.07, 6.45) is 3.93. The molecule has 1 amide bonds. The van der Waals surface area contributed by atoms with Crippen LogP contribution in [0.3, 0.4) is 0 Å². The molecule has 6 heteroatoms. The van der Waals surface area contributed by atoms with Crippen molar-refractivity contribution in [1.82, 2.24) is 4.98 Å². The molecule has 0 unspecified atom stereocenters. The van der Waals surface area contributed by atoms with Gasteiger partial charge in [-0.15, -0.1) is 11.3 Å². The summed E-state index contributed by atoms with van der Waals surface area (Å²) in [7, 11) is 0. The highest BCUT2D eigenvalue weighted by molar-refractivity contribution is 7.17. The van der Waals surface area contributed by atoms with E-state index in [-0.39, 0.29) is 11.9 Å². The summed E-state index contributed by atoms with van der Waals surface area (Å²) in [5.41, 5.74) is 5.81. The molecule has 1 aliphatic rings. The fourth-order valence-corrected chi connectivity index (χ4v) is 6.58. The topological polar surface area (TPSA) is 68.3 Å². The number of carbonyl (C=O) groups excluding carboxylic acids is 2. The molecule has 1 N–H and O–H groups in total. The Morgan fingerprint density at radius 2 is 1.87 bits per heavy atom. The van der Waals surface area contributed by atoms with E-state index >= 15 is 0 Å². The lowest BCUT2D eigenvalue weighted by Gasteiger charge is -2.20. The molecule has 5 rings (SSSR count). The molecule has 0 spiro atoms. The van der Waals surface area contributed by atoms with Crippen molar-refractivity contribution in [2.24, 2.45) is 5.92 Å². The summed E-state index contributed by atoms with van der Waals surface area (Å²) in [6, 6.07) is 17.9. The molecule has 1 atom stereocenters. The lowest BCUT2D eigenvalue weighted by atomic mass is 9.85. The normalized spacial score (nSPS) is 14.9. The molecule has 2 aromatic heterocycles. The number of pyridine rings is 1. The Morgan fingerprint density at radius 1 is 1.11 bits per heavy atom. The number of aromatic nitrogens is 1. The third-order valence-electron chi connectivity index (χ3n) is 7.49. The molecule has 0 aliphatic heterocycles. The van der Waals surface area contributed by atoms with Crippen LogP contribution in [0.1, 0.15) is 83.2 Å². The van der Waals surface area contributed by atoms with E-state index in [1.54, 1.807) is 6.92 Å². The SMILES string of the molecule is CCOC(=O)c1c(NC(=O)c2cc(-c3ccc(C(C)C)cc3)nc3ccccc23)sc2c1CC[C@H](CC)C2. The minimum absolute atomic E-state index is 0.250. The lowest BCUT2D eigenvalue weighted by Crippen LogP contribution is -2.17. The predicted octanol–water partition coefficient (Wildman–Crippen LogP) is 8.03. The Balaban J connectivity index is 1.55. The fraction of sp³-hybridized carbons (Fsp3) is 0.344. The molecule has 196 valence electrons. The molecular weight excluding hydrogens is 492 g/mol. The van der Waals surface area contributed by atoms with Crippen LogP contribution in [0.4, 0.5) is 5.00 Å². The number of esters is 1. The highest BCUT2D eigenvalue weighted by atomic mass is 32.1. The second-order valence-electron chi connectivity index (χ2n) is 10.2. The first-order valence-corrected chi connectivity index (χ1v) is 14.3. The number of hydrogen-bond donors (Lipinski definition) is 1. The van der Waals surface area contributed by atoms with Gasteiger partial charge in [-0.1, -0.05) is 69.7 Å². The number of thiophene rings is 1. The second-order valence-corrected chi connectivity index (χ2v) is 11.4. The lowest BCUT2D eigenvalue weighted by molar-refractivity contribution is 0.0526. The van der Waals surface area contributed by atoms with Gasteiger partial charge in [0.2, 0.25) is 0 Å². The van der Waals surface area contributed by atoms with E-state index in [1.165, 1.54) is 21.8 Å². The van der Waals surface area contributed by atoms with Gasteiger partial charge in [0.1, 0.15) is 5.00 Å². The number of para-hydroxylation sites is 1. The zero-order chi connectivity index (χ0) is 26.8. The number of nitrogens with zero attached hydrogens (tertiary/aromatic N) is 1. The number of fused-ring (bicyclic) bond motifs is 2. The van der Waals surface area contributed by atoms with E-state index in [0.717, 1.165) is 53.4 Å². The van der Waals surface area contributed by atoms with Crippen LogP contribution >= 0.6 is 11.3 Å². The minimum atomic E-state index is -0.360. The molecule has 4 aromatic rings. The van der Waals surface area contributed by atoms with Gasteiger partial charge in [0, 0.05) is 15.8 Å². The summed E-state index contributed by atoms with van der Waals surface area (Å²) in [5.74, 6) is 0.432. The van der Waals surface area contributed by atoms with Gasteiger partial charge < -0.3 is 10.1 Å². The Kier molecular flexibility index (Phi) is 7.61. The summed E-state index contributed by atoms with van der Waals surface area (Å²) < 4.78 is 5.41. The van der Waals surface area contributed by atoms with Crippen molar-refractivity contribution in [2.75, 3.05) is 11.9 Å². The standard InChI is InChI=1S/C32H34N2O3S/c1-5-20-11-16-24-28(17-20)38-31(29(24)32(36)37-6-2)34-30(35)25-18-27(33-26-10-8-7-9-23(25)26)22-14-12-21(13-15-22)19(3)4/h7-10,12-15,18-20H,5-6,11,16-17H2,1-4H3,(H,34,35)/t20-/m0/s1. The Morgan fingerprint density at radius 3 is 2.58 bits per heavy atom. The highest BCUT2D eigenvalue weighted by Crippen LogP contribution is 2.41. The number of hydrogen-bond acceptors (Lipinski definition) is 5. The molecule has 0 saturated carbocycles. The van der Waals surface area contributed by atoms with Crippen LogP contribution in [0.15, 0.2) is 54.6 Å². The van der Waals surface area contributed by atoms with Crippen molar-refractivity contribution in [3.05, 3.63) is 81.7 Å². The van der Waals surface area contributed by atoms with Crippen molar-refractivity contribution < 1.29 is 14.3 Å². The van der Waals surface area contributed by atoms with Crippen LogP contribution in [0.2, 0.25) is 0 Å². The van der Waals surface area contributed by atoms with E-state index in [2.05, 4.69) is 50.4 Å². The number of carbonyl (C=O) groups is 2. The number of ether oxygens (including phenoxy) is 1. The van der Waals surface area contributed by atoms with E-state index in [1.807, 2.05) is 30.3 Å². The van der Waals surface area contributed by atoms with Crippen LogP contribution in [-0.2, 0) is 17.6 Å². The largest absolute Gasteiger partial charge is 0.462 e. The number of benzene rings is 2. The molecular formula is C32H34N2O3S. The Labute approximate surface area is 228 Å². The first kappa shape index (κ1) is 26.1. The smallest absolute Gasteiger partial charge is 0.341 e. The van der Waals surface area contributed by atoms with Crippen molar-refractivity contribution >= 4 is 39.1 Å². The fourth-order valence-electron chi connectivity index (χ4n) is 5.23. The van der Waals surface area contributed by atoms with Gasteiger partial charge in [0.25, 0.3) is 5.91 Å². The average Bonchev–Trinajstić information content (AvgIpc) is 3.29. The molecule has 38 heavy (non-hydrogen) atoms. The van der Waals surface area contributed by atoms with Crippen LogP contribution < -0.4 is 5.32 Å². The van der Waals surface area contributed by atoms with Crippen LogP contribution in [-0.4, -0.2) is 23.5 Å². The molecule has 2 heterocycles. The predicted molar refractivity (Wildman–Crippen MR) is 155 cm³/mol. The third kappa shape index (κ3) is 5.10. The molecule has 0 fully saturated rings. The maximum Gasteiger partial charge on any atom is 0.341 e. The van der Waals surface area contributed by atoms with Crippen molar-refractivity contribution in [3.8, 4) is 11.3 Å². The van der Waals surface area contributed by atoms with Crippen LogP contribution in [0.25, 0.3) is 22.2 Å². The minimum Gasteiger partial charge on any atom is -0.462 e. The third-order valence-corrected chi connectivity index (χ3v) is 8.66. The van der Waals surface area contributed by atoms with Crippen molar-refractivity contribution in [3.63, 3.8) is 0 Å². The Bertz CT molecular complexity index is 1490. The molecule has 0 bridgehead atoms. The molecule has 5 nitrogen and oxygen atoms in total. The summed E-state index contributed by atoms with van der Waals surface area (Å²) >= 11 is 1.52. The molecule has 0 saturated heterocycles. The first-order chi connectivity index (χ1) is 18.4. The van der Waals surface area contributed by atoms with Gasteiger partial charge in [-0.25, -0.2) is 9.78 Å². The maximum atomic E-state index is 13.8. The monoisotopic (exact) mass is 526 g/mol. The van der Waals surface area contributed by atoms with Crippen LogP contribution in [0.5, 0.6) is 0 Å². The van der Waals surface area contributed by atoms with E-state index in [9.17, 15) is 9.59 Å². The molecule has 1 aliphatic carbocycles. The van der Waals surface area contributed by atoms with Crippen molar-refractivity contribution in [1.29, 1.82) is 0 Å². The number of rotatable bonds is 7. The van der Waals surface area contributed by atoms with Gasteiger partial charge >= 0.3 is 5.97 Å². The summed E-state index contributed by atoms with van der Waals surface area (Å²) in [5, 5.41) is 4.46. The van der Waals surface area contributed by atoms with Gasteiger partial charge in [0.15, 0.2) is 0 Å². The van der Waals surface area contributed by atoms with E-state index in [4.69, 9.17) is 9.72 Å². The van der Waals surface area contributed by atoms with Crippen LogP contribution in [0, 0.1) is 5.92 Å². The van der Waals surface area contributed by atoms with Gasteiger partial charge in [-0.3, -0.25) is 4.79 Å². The number of nitrogens with one attached hydrogen (secondary N) is 1. The van der Waals surface area contributed by atoms with Gasteiger partial charge in [-0.2, -0.15) is 0 Å². The number of anilines is 1. The van der Waals surface area contributed by atoms with Crippen molar-refractivity contribution in [2.45, 2.75) is 59.3 Å². The summed E-state index contributed by atoms with van der Waals surface area (Å²) in [6.45, 7) is 8.64. The molecule has 0 radical (unpaired) electrons. The zero-order valence-electron chi connectivity index (χ0n) is 22.5. The van der Waals surface area contributed by atoms with Gasteiger partial charge in [0.05, 0.1) is 28.9 Å². The second kappa shape index (κ2) is 11.1. The summed E-state index contributed by atoms with van der Waals surface area (Å²) in [4.78, 5) is 32.9.